The van der Waals surface area contributed by atoms with E-state index >= 15 is 4.39 Å². The molecule has 4 heterocycles. The number of carbonyl (C=O) groups excluding carboxylic acids is 1. The Morgan fingerprint density at radius 3 is 2.84 bits per heavy atom. The number of rotatable bonds is 6. The molecule has 2 aliphatic carbocycles. The lowest BCUT2D eigenvalue weighted by molar-refractivity contribution is 0.0546. The zero-order valence-electron chi connectivity index (χ0n) is 21.2. The van der Waals surface area contributed by atoms with Gasteiger partial charge < -0.3 is 15.4 Å². The summed E-state index contributed by atoms with van der Waals surface area (Å²) in [5.41, 5.74) is 4.91. The summed E-state index contributed by atoms with van der Waals surface area (Å²) in [7, 11) is 1.90. The number of carbonyl (C=O) groups is 1. The van der Waals surface area contributed by atoms with Crippen molar-refractivity contribution >= 4 is 23.5 Å². The molecule has 0 aromatic carbocycles. The van der Waals surface area contributed by atoms with Crippen LogP contribution in [0.3, 0.4) is 0 Å². The Kier molecular flexibility index (Phi) is 5.42. The van der Waals surface area contributed by atoms with Gasteiger partial charge in [0.05, 0.1) is 11.9 Å². The van der Waals surface area contributed by atoms with Gasteiger partial charge in [0, 0.05) is 59.5 Å². The fourth-order valence-corrected chi connectivity index (χ4v) is 5.04. The fraction of sp³-hybridized carbons (Fsp3) is 0.480. The quantitative estimate of drug-likeness (QED) is 0.359. The van der Waals surface area contributed by atoms with Gasteiger partial charge in [-0.15, -0.1) is 0 Å². The van der Waals surface area contributed by atoms with E-state index < -0.39 is 24.3 Å². The van der Waals surface area contributed by atoms with E-state index in [0.29, 0.717) is 30.3 Å². The molecule has 11 nitrogen and oxygen atoms in total. The van der Waals surface area contributed by atoms with Crippen LogP contribution in [0.15, 0.2) is 24.7 Å². The molecule has 0 radical (unpaired) electrons. The molecule has 3 N–H and O–H groups in total. The van der Waals surface area contributed by atoms with Crippen molar-refractivity contribution in [2.45, 2.75) is 70.2 Å². The third-order valence-electron chi connectivity index (χ3n) is 7.63. The number of imidazole rings is 1. The second-order valence-corrected chi connectivity index (χ2v) is 10.4. The number of aryl methyl sites for hydroxylation is 2. The van der Waals surface area contributed by atoms with Crippen LogP contribution in [0.2, 0.25) is 0 Å². The fourth-order valence-electron chi connectivity index (χ4n) is 5.04. The molecule has 3 atom stereocenters. The number of fused-ring (bicyclic) bond motifs is 1. The number of halogens is 1. The number of H-pyrrole nitrogens is 1. The number of alkyl carbamates (subject to hydrolysis) is 1. The molecule has 0 bridgehead atoms. The molecule has 2 saturated carbocycles. The highest BCUT2D eigenvalue weighted by Crippen LogP contribution is 2.40. The SMILES string of the molecule is Cc1nc(Nc2cc([C@H]3CC[C@@H](OC(=O)NC4(C)CC4)[C@@H]3F)[nH]n2)n2ccnc2c1-c1cnn(C)c1C. The van der Waals surface area contributed by atoms with Crippen LogP contribution in [0.4, 0.5) is 21.0 Å². The van der Waals surface area contributed by atoms with Crippen molar-refractivity contribution in [1.82, 2.24) is 39.7 Å². The number of amides is 1. The van der Waals surface area contributed by atoms with Crippen LogP contribution in [0.1, 0.15) is 55.6 Å². The summed E-state index contributed by atoms with van der Waals surface area (Å²) >= 11 is 0. The molecule has 4 aromatic rings. The predicted molar refractivity (Wildman–Crippen MR) is 134 cm³/mol. The average molecular weight is 508 g/mol. The predicted octanol–water partition coefficient (Wildman–Crippen LogP) is 4.08. The number of alkyl halides is 1. The van der Waals surface area contributed by atoms with Gasteiger partial charge in [0.25, 0.3) is 0 Å². The van der Waals surface area contributed by atoms with E-state index in [1.54, 1.807) is 12.3 Å². The lowest BCUT2D eigenvalue weighted by atomic mass is 10.0. The third kappa shape index (κ3) is 4.19. The highest BCUT2D eigenvalue weighted by atomic mass is 19.1. The number of aromatic nitrogens is 7. The summed E-state index contributed by atoms with van der Waals surface area (Å²) in [5.74, 6) is 0.623. The molecule has 2 aliphatic rings. The first-order chi connectivity index (χ1) is 17.7. The van der Waals surface area contributed by atoms with E-state index in [4.69, 9.17) is 9.72 Å². The molecule has 0 spiro atoms. The van der Waals surface area contributed by atoms with Gasteiger partial charge in [0.15, 0.2) is 5.82 Å². The number of hydrogen-bond acceptors (Lipinski definition) is 7. The van der Waals surface area contributed by atoms with Crippen LogP contribution in [0.5, 0.6) is 0 Å². The van der Waals surface area contributed by atoms with Crippen molar-refractivity contribution in [1.29, 1.82) is 0 Å². The summed E-state index contributed by atoms with van der Waals surface area (Å²) in [5, 5.41) is 17.7. The van der Waals surface area contributed by atoms with Crippen LogP contribution < -0.4 is 10.6 Å². The largest absolute Gasteiger partial charge is 0.443 e. The Bertz CT molecular complexity index is 1480. The minimum absolute atomic E-state index is 0.201. The number of anilines is 2. The molecule has 0 saturated heterocycles. The van der Waals surface area contributed by atoms with E-state index in [0.717, 1.165) is 41.0 Å². The Morgan fingerprint density at radius 2 is 2.11 bits per heavy atom. The number of nitrogens with one attached hydrogen (secondary N) is 3. The van der Waals surface area contributed by atoms with E-state index in [1.807, 2.05) is 49.3 Å². The second-order valence-electron chi connectivity index (χ2n) is 10.4. The summed E-state index contributed by atoms with van der Waals surface area (Å²) in [4.78, 5) is 21.5. The highest BCUT2D eigenvalue weighted by Gasteiger charge is 2.43. The van der Waals surface area contributed by atoms with Crippen LogP contribution in [-0.4, -0.2) is 58.3 Å². The van der Waals surface area contributed by atoms with Gasteiger partial charge in [-0.3, -0.25) is 14.2 Å². The first-order valence-electron chi connectivity index (χ1n) is 12.5. The van der Waals surface area contributed by atoms with Crippen LogP contribution in [-0.2, 0) is 11.8 Å². The van der Waals surface area contributed by atoms with Gasteiger partial charge >= 0.3 is 6.09 Å². The van der Waals surface area contributed by atoms with E-state index in [2.05, 4.69) is 30.9 Å². The summed E-state index contributed by atoms with van der Waals surface area (Å²) in [6, 6.07) is 1.78. The maximum Gasteiger partial charge on any atom is 0.407 e. The average Bonchev–Trinajstić information content (AvgIpc) is 3.31. The molecular weight excluding hydrogens is 477 g/mol. The normalized spacial score (nSPS) is 22.4. The molecule has 194 valence electrons. The first-order valence-corrected chi connectivity index (χ1v) is 12.5. The van der Waals surface area contributed by atoms with Gasteiger partial charge in [-0.05, 0) is 46.5 Å². The molecule has 6 rings (SSSR count). The van der Waals surface area contributed by atoms with E-state index in [9.17, 15) is 4.79 Å². The zero-order valence-corrected chi connectivity index (χ0v) is 21.2. The van der Waals surface area contributed by atoms with Crippen LogP contribution in [0, 0.1) is 13.8 Å². The lowest BCUT2D eigenvalue weighted by Gasteiger charge is -2.19. The Balaban J connectivity index is 1.19. The number of ether oxygens (including phenoxy) is 1. The molecule has 0 aliphatic heterocycles. The van der Waals surface area contributed by atoms with E-state index in [-0.39, 0.29) is 5.54 Å². The number of aromatic amines is 1. The zero-order chi connectivity index (χ0) is 25.9. The van der Waals surface area contributed by atoms with Crippen molar-refractivity contribution in [3.05, 3.63) is 41.7 Å². The molecule has 1 amide bonds. The molecule has 37 heavy (non-hydrogen) atoms. The van der Waals surface area contributed by atoms with Crippen molar-refractivity contribution in [3.63, 3.8) is 0 Å². The Labute approximate surface area is 212 Å². The van der Waals surface area contributed by atoms with Crippen molar-refractivity contribution in [3.8, 4) is 11.1 Å². The molecule has 12 heteroatoms. The van der Waals surface area contributed by atoms with Gasteiger partial charge in [-0.1, -0.05) is 0 Å². The molecule has 2 fully saturated rings. The summed E-state index contributed by atoms with van der Waals surface area (Å²) in [6.07, 6.45) is 5.60. The maximum absolute atomic E-state index is 15.2. The first kappa shape index (κ1) is 23.4. The Morgan fingerprint density at radius 1 is 1.30 bits per heavy atom. The molecule has 4 aromatic heterocycles. The molecule has 0 unspecified atom stereocenters. The third-order valence-corrected chi connectivity index (χ3v) is 7.63. The van der Waals surface area contributed by atoms with Gasteiger partial charge in [-0.2, -0.15) is 10.2 Å². The van der Waals surface area contributed by atoms with E-state index in [1.165, 1.54) is 0 Å². The maximum atomic E-state index is 15.2. The van der Waals surface area contributed by atoms with Crippen molar-refractivity contribution < 1.29 is 13.9 Å². The minimum Gasteiger partial charge on any atom is -0.443 e. The monoisotopic (exact) mass is 507 g/mol. The topological polar surface area (TPSA) is 127 Å². The Hall–Kier alpha value is -3.96. The van der Waals surface area contributed by atoms with Crippen LogP contribution >= 0.6 is 0 Å². The van der Waals surface area contributed by atoms with Crippen molar-refractivity contribution in [2.24, 2.45) is 7.05 Å². The molecular formula is C25H30FN9O2. The number of hydrogen-bond donors (Lipinski definition) is 3. The summed E-state index contributed by atoms with van der Waals surface area (Å²) < 4.78 is 24.3. The van der Waals surface area contributed by atoms with Gasteiger partial charge in [0.1, 0.15) is 17.9 Å². The smallest absolute Gasteiger partial charge is 0.407 e. The highest BCUT2D eigenvalue weighted by molar-refractivity contribution is 5.82. The van der Waals surface area contributed by atoms with Gasteiger partial charge in [0.2, 0.25) is 5.95 Å². The number of nitrogens with zero attached hydrogens (tertiary/aromatic N) is 6. The summed E-state index contributed by atoms with van der Waals surface area (Å²) in [6.45, 7) is 5.90. The minimum atomic E-state index is -1.31. The standard InChI is InChI=1S/C25H30FN9O2/c1-13-20(16-12-28-34(4)14(16)2)22-27-9-10-35(22)23(29-13)30-19-11-17(32-33-19)15-5-6-18(21(15)26)37-24(36)31-25(3)7-8-25/h9-12,15,18,21H,5-8H2,1-4H3,(H,31,36)(H2,29,30,32,33)/t15-,18-,21-/m1/s1. The van der Waals surface area contributed by atoms with Crippen LogP contribution in [0.25, 0.3) is 16.8 Å². The lowest BCUT2D eigenvalue weighted by Crippen LogP contribution is -2.38. The van der Waals surface area contributed by atoms with Crippen molar-refractivity contribution in [2.75, 3.05) is 5.32 Å². The second kappa shape index (κ2) is 8.56. The van der Waals surface area contributed by atoms with Gasteiger partial charge in [-0.25, -0.2) is 19.2 Å².